The number of benzene rings is 2. The van der Waals surface area contributed by atoms with Crippen molar-refractivity contribution in [3.63, 3.8) is 0 Å². The Morgan fingerprint density at radius 2 is 1.67 bits per heavy atom. The van der Waals surface area contributed by atoms with Gasteiger partial charge in [-0.05, 0) is 41.3 Å². The van der Waals surface area contributed by atoms with Crippen LogP contribution in [0.1, 0.15) is 35.1 Å². The van der Waals surface area contributed by atoms with Gasteiger partial charge in [0, 0.05) is 23.6 Å². The molecule has 0 amide bonds. The Hall–Kier alpha value is -2.65. The molecule has 1 aromatic heterocycles. The highest BCUT2D eigenvalue weighted by atomic mass is 35.5. The minimum absolute atomic E-state index is 0.0515. The molecule has 2 aromatic carbocycles. The summed E-state index contributed by atoms with van der Waals surface area (Å²) in [6.07, 6.45) is 2.49. The zero-order valence-electron chi connectivity index (χ0n) is 14.6. The number of hydrogen-bond donors (Lipinski definition) is 0. The lowest BCUT2D eigenvalue weighted by Crippen LogP contribution is -2.53. The van der Waals surface area contributed by atoms with E-state index in [9.17, 15) is 4.79 Å². The van der Waals surface area contributed by atoms with Crippen LogP contribution in [-0.2, 0) is 15.1 Å². The van der Waals surface area contributed by atoms with E-state index in [4.69, 9.17) is 16.3 Å². The third kappa shape index (κ3) is 2.49. The molecule has 3 nitrogen and oxygen atoms in total. The number of fused-ring (bicyclic) bond motifs is 1. The molecule has 2 heterocycles. The van der Waals surface area contributed by atoms with Crippen LogP contribution in [-0.4, -0.2) is 11.0 Å². The minimum atomic E-state index is -0.650. The molecule has 0 unspecified atom stereocenters. The predicted octanol–water partition coefficient (Wildman–Crippen LogP) is 5.07. The third-order valence-corrected chi connectivity index (χ3v) is 6.19. The maximum absolute atomic E-state index is 12.6. The Kier molecular flexibility index (Phi) is 3.80. The van der Waals surface area contributed by atoms with Gasteiger partial charge in [0.1, 0.15) is 5.92 Å². The zero-order valence-corrected chi connectivity index (χ0v) is 15.3. The molecule has 2 fully saturated rings. The number of nitrogens with zero attached hydrogens (tertiary/aromatic N) is 1. The SMILES string of the molecule is O=C1O[C@@]2(c3ccccn3)C[C@H](c3ccc(Cl)cc3)[C@@H](c3ccccc3)[C@@H]12. The van der Waals surface area contributed by atoms with Crippen molar-refractivity contribution in [1.29, 1.82) is 0 Å². The summed E-state index contributed by atoms with van der Waals surface area (Å²) in [5.74, 6) is -0.153. The molecule has 4 heteroatoms. The van der Waals surface area contributed by atoms with Crippen molar-refractivity contribution in [2.45, 2.75) is 23.9 Å². The topological polar surface area (TPSA) is 39.2 Å². The number of hydrogen-bond acceptors (Lipinski definition) is 3. The van der Waals surface area contributed by atoms with E-state index >= 15 is 0 Å². The van der Waals surface area contributed by atoms with Gasteiger partial charge in [-0.25, -0.2) is 0 Å². The molecule has 3 aromatic rings. The molecule has 1 saturated heterocycles. The summed E-state index contributed by atoms with van der Waals surface area (Å²) in [5, 5.41) is 0.711. The van der Waals surface area contributed by atoms with Crippen LogP contribution in [0.5, 0.6) is 0 Å². The molecule has 0 spiro atoms. The van der Waals surface area contributed by atoms with Crippen LogP contribution < -0.4 is 0 Å². The molecule has 1 saturated carbocycles. The predicted molar refractivity (Wildman–Crippen MR) is 103 cm³/mol. The van der Waals surface area contributed by atoms with Crippen molar-refractivity contribution in [2.75, 3.05) is 0 Å². The van der Waals surface area contributed by atoms with Crippen molar-refractivity contribution in [3.05, 3.63) is 101 Å². The van der Waals surface area contributed by atoms with Gasteiger partial charge in [-0.15, -0.1) is 0 Å². The summed E-state index contributed by atoms with van der Waals surface area (Å²) in [4.78, 5) is 17.2. The fourth-order valence-electron chi connectivity index (χ4n) is 4.79. The number of carbonyl (C=O) groups is 1. The smallest absolute Gasteiger partial charge is 0.315 e. The van der Waals surface area contributed by atoms with E-state index in [0.717, 1.165) is 17.7 Å². The van der Waals surface area contributed by atoms with Crippen LogP contribution in [0.2, 0.25) is 5.02 Å². The molecule has 0 N–H and O–H groups in total. The van der Waals surface area contributed by atoms with E-state index in [0.29, 0.717) is 5.02 Å². The molecule has 2 aliphatic rings. The fourth-order valence-corrected chi connectivity index (χ4v) is 4.92. The lowest BCUT2D eigenvalue weighted by Gasteiger charge is -2.44. The van der Waals surface area contributed by atoms with Crippen molar-refractivity contribution < 1.29 is 9.53 Å². The van der Waals surface area contributed by atoms with E-state index in [1.165, 1.54) is 5.56 Å². The van der Waals surface area contributed by atoms with Gasteiger partial charge in [0.25, 0.3) is 0 Å². The average molecular weight is 376 g/mol. The second-order valence-electron chi connectivity index (χ2n) is 7.30. The fraction of sp³-hybridized carbons (Fsp3) is 0.217. The van der Waals surface area contributed by atoms with Crippen LogP contribution >= 0.6 is 11.6 Å². The Bertz CT molecular complexity index is 974. The number of aromatic nitrogens is 1. The molecule has 0 bridgehead atoms. The lowest BCUT2D eigenvalue weighted by atomic mass is 9.75. The molecule has 1 aliphatic heterocycles. The second kappa shape index (κ2) is 6.21. The first-order chi connectivity index (χ1) is 13.2. The first-order valence-corrected chi connectivity index (χ1v) is 9.52. The van der Waals surface area contributed by atoms with Crippen molar-refractivity contribution in [3.8, 4) is 0 Å². The molecular formula is C23H18ClNO2. The molecule has 4 atom stereocenters. The molecular weight excluding hydrogens is 358 g/mol. The van der Waals surface area contributed by atoms with Gasteiger partial charge in [-0.2, -0.15) is 0 Å². The Balaban J connectivity index is 1.65. The lowest BCUT2D eigenvalue weighted by molar-refractivity contribution is -0.212. The van der Waals surface area contributed by atoms with E-state index in [2.05, 4.69) is 29.2 Å². The highest BCUT2D eigenvalue weighted by Gasteiger charge is 2.68. The van der Waals surface area contributed by atoms with Crippen LogP contribution in [0.4, 0.5) is 0 Å². The van der Waals surface area contributed by atoms with Crippen LogP contribution in [0.3, 0.4) is 0 Å². The number of esters is 1. The van der Waals surface area contributed by atoms with Gasteiger partial charge in [0.15, 0.2) is 5.60 Å². The quantitative estimate of drug-likeness (QED) is 0.599. The van der Waals surface area contributed by atoms with Crippen molar-refractivity contribution >= 4 is 17.6 Å². The summed E-state index contributed by atoms with van der Waals surface area (Å²) in [6, 6.07) is 24.0. The van der Waals surface area contributed by atoms with Crippen LogP contribution in [0.15, 0.2) is 79.0 Å². The number of halogens is 1. The van der Waals surface area contributed by atoms with Crippen LogP contribution in [0, 0.1) is 5.92 Å². The normalized spacial score (nSPS) is 28.9. The number of carbonyl (C=O) groups excluding carboxylic acids is 1. The van der Waals surface area contributed by atoms with Gasteiger partial charge in [-0.1, -0.05) is 60.1 Å². The Morgan fingerprint density at radius 1 is 0.926 bits per heavy atom. The highest BCUT2D eigenvalue weighted by Crippen LogP contribution is 2.65. The van der Waals surface area contributed by atoms with Gasteiger partial charge in [0.2, 0.25) is 0 Å². The minimum Gasteiger partial charge on any atom is -0.451 e. The Morgan fingerprint density at radius 3 is 2.33 bits per heavy atom. The van der Waals surface area contributed by atoms with E-state index in [1.54, 1.807) is 6.20 Å². The monoisotopic (exact) mass is 375 g/mol. The molecule has 1 aliphatic carbocycles. The third-order valence-electron chi connectivity index (χ3n) is 5.94. The Labute approximate surface area is 163 Å². The average Bonchev–Trinajstić information content (AvgIpc) is 2.99. The summed E-state index contributed by atoms with van der Waals surface area (Å²) in [6.45, 7) is 0. The standard InChI is InChI=1S/C23H18ClNO2/c24-17-11-9-15(10-12-17)18-14-23(19-8-4-5-13-25-19)21(22(26)27-23)20(18)16-6-2-1-3-7-16/h1-13,18,20-21H,14H2/t18-,20-,21+,23-/m1/s1. The maximum Gasteiger partial charge on any atom is 0.315 e. The van der Waals surface area contributed by atoms with Gasteiger partial charge in [-0.3, -0.25) is 9.78 Å². The summed E-state index contributed by atoms with van der Waals surface area (Å²) < 4.78 is 5.84. The van der Waals surface area contributed by atoms with E-state index < -0.39 is 5.60 Å². The molecule has 0 radical (unpaired) electrons. The second-order valence-corrected chi connectivity index (χ2v) is 7.74. The van der Waals surface area contributed by atoms with Crippen molar-refractivity contribution in [2.24, 2.45) is 5.92 Å². The maximum atomic E-state index is 12.6. The van der Waals surface area contributed by atoms with Gasteiger partial charge >= 0.3 is 5.97 Å². The molecule has 27 heavy (non-hydrogen) atoms. The summed E-state index contributed by atoms with van der Waals surface area (Å²) in [7, 11) is 0. The first-order valence-electron chi connectivity index (χ1n) is 9.14. The largest absolute Gasteiger partial charge is 0.451 e. The highest BCUT2D eigenvalue weighted by molar-refractivity contribution is 6.30. The molecule has 134 valence electrons. The van der Waals surface area contributed by atoms with Crippen LogP contribution in [0.25, 0.3) is 0 Å². The zero-order chi connectivity index (χ0) is 18.4. The summed E-state index contributed by atoms with van der Waals surface area (Å²) >= 11 is 6.10. The van der Waals surface area contributed by atoms with Gasteiger partial charge in [0.05, 0.1) is 5.69 Å². The van der Waals surface area contributed by atoms with E-state index in [1.807, 2.05) is 48.5 Å². The summed E-state index contributed by atoms with van der Waals surface area (Å²) in [5.41, 5.74) is 2.53. The number of pyridine rings is 1. The van der Waals surface area contributed by atoms with Crippen molar-refractivity contribution in [1.82, 2.24) is 4.98 Å². The van der Waals surface area contributed by atoms with E-state index in [-0.39, 0.29) is 23.7 Å². The molecule has 5 rings (SSSR count). The number of rotatable bonds is 3. The first kappa shape index (κ1) is 16.5. The van der Waals surface area contributed by atoms with Gasteiger partial charge < -0.3 is 4.74 Å². The number of ether oxygens (including phenoxy) is 1.